The van der Waals surface area contributed by atoms with Crippen molar-refractivity contribution in [1.29, 1.82) is 0 Å². The Balaban J connectivity index is 2.52. The van der Waals surface area contributed by atoms with Crippen molar-refractivity contribution in [3.63, 3.8) is 0 Å². The van der Waals surface area contributed by atoms with E-state index in [1.165, 1.54) is 0 Å². The van der Waals surface area contributed by atoms with E-state index in [2.05, 4.69) is 4.98 Å². The van der Waals surface area contributed by atoms with E-state index >= 15 is 0 Å². The van der Waals surface area contributed by atoms with Crippen LogP contribution in [0.2, 0.25) is 0 Å². The van der Waals surface area contributed by atoms with Crippen molar-refractivity contribution in [2.24, 2.45) is 0 Å². The van der Waals surface area contributed by atoms with Crippen LogP contribution in [-0.4, -0.2) is 16.7 Å². The molecule has 0 amide bonds. The quantitative estimate of drug-likeness (QED) is 0.806. The standard InChI is InChI=1S/C11H12N2OS/c1-14-8-9-4-2-3-5-10(9)13-7-6-12-11(13)15/h2-7H,8H2,1H3,(H,12,15). The molecule has 0 saturated heterocycles. The maximum absolute atomic E-state index is 5.18. The number of benzene rings is 1. The van der Waals surface area contributed by atoms with Gasteiger partial charge in [0.15, 0.2) is 4.77 Å². The summed E-state index contributed by atoms with van der Waals surface area (Å²) in [5.41, 5.74) is 2.18. The number of rotatable bonds is 3. The van der Waals surface area contributed by atoms with Crippen molar-refractivity contribution >= 4 is 12.2 Å². The molecule has 1 aromatic carbocycles. The minimum Gasteiger partial charge on any atom is -0.380 e. The third-order valence-corrected chi connectivity index (χ3v) is 2.51. The maximum atomic E-state index is 5.18. The molecule has 2 rings (SSSR count). The zero-order valence-electron chi connectivity index (χ0n) is 8.43. The lowest BCUT2D eigenvalue weighted by atomic mass is 10.2. The molecule has 0 atom stereocenters. The Morgan fingerprint density at radius 1 is 1.40 bits per heavy atom. The zero-order valence-corrected chi connectivity index (χ0v) is 9.25. The van der Waals surface area contributed by atoms with E-state index in [1.54, 1.807) is 7.11 Å². The molecule has 0 fully saturated rings. The fourth-order valence-corrected chi connectivity index (χ4v) is 1.76. The molecule has 15 heavy (non-hydrogen) atoms. The first-order valence-electron chi connectivity index (χ1n) is 4.66. The number of nitrogens with one attached hydrogen (secondary N) is 1. The van der Waals surface area contributed by atoms with Gasteiger partial charge in [-0.25, -0.2) is 0 Å². The Bertz CT molecular complexity index is 501. The van der Waals surface area contributed by atoms with Crippen molar-refractivity contribution in [3.8, 4) is 5.69 Å². The molecule has 4 heteroatoms. The lowest BCUT2D eigenvalue weighted by Crippen LogP contribution is -1.99. The van der Waals surface area contributed by atoms with Gasteiger partial charge in [0.05, 0.1) is 12.3 Å². The third-order valence-electron chi connectivity index (χ3n) is 2.20. The van der Waals surface area contributed by atoms with E-state index in [-0.39, 0.29) is 0 Å². The van der Waals surface area contributed by atoms with E-state index in [4.69, 9.17) is 17.0 Å². The van der Waals surface area contributed by atoms with E-state index in [0.29, 0.717) is 11.4 Å². The van der Waals surface area contributed by atoms with Gasteiger partial charge >= 0.3 is 0 Å². The van der Waals surface area contributed by atoms with E-state index in [0.717, 1.165) is 11.3 Å². The first-order valence-corrected chi connectivity index (χ1v) is 5.07. The number of aromatic amines is 1. The molecule has 3 nitrogen and oxygen atoms in total. The summed E-state index contributed by atoms with van der Waals surface area (Å²) in [4.78, 5) is 2.97. The maximum Gasteiger partial charge on any atom is 0.181 e. The topological polar surface area (TPSA) is 29.9 Å². The third kappa shape index (κ3) is 2.00. The molecular formula is C11H12N2OS. The monoisotopic (exact) mass is 220 g/mol. The van der Waals surface area contributed by atoms with Gasteiger partial charge in [-0.05, 0) is 18.3 Å². The molecule has 78 valence electrons. The van der Waals surface area contributed by atoms with Gasteiger partial charge in [-0.15, -0.1) is 0 Å². The molecule has 1 N–H and O–H groups in total. The second-order valence-electron chi connectivity index (χ2n) is 3.20. The van der Waals surface area contributed by atoms with Crippen molar-refractivity contribution in [2.75, 3.05) is 7.11 Å². The SMILES string of the molecule is COCc1ccccc1-n1cc[nH]c1=S. The molecule has 0 spiro atoms. The number of imidazole rings is 1. The van der Waals surface area contributed by atoms with Crippen LogP contribution in [0.4, 0.5) is 0 Å². The van der Waals surface area contributed by atoms with E-state index < -0.39 is 0 Å². The van der Waals surface area contributed by atoms with Gasteiger partial charge in [-0.3, -0.25) is 4.57 Å². The average molecular weight is 220 g/mol. The summed E-state index contributed by atoms with van der Waals surface area (Å²) >= 11 is 5.18. The number of hydrogen-bond acceptors (Lipinski definition) is 2. The zero-order chi connectivity index (χ0) is 10.7. The van der Waals surface area contributed by atoms with Crippen molar-refractivity contribution in [2.45, 2.75) is 6.61 Å². The van der Waals surface area contributed by atoms with E-state index in [9.17, 15) is 0 Å². The normalized spacial score (nSPS) is 10.5. The molecule has 0 aliphatic heterocycles. The minimum atomic E-state index is 0.586. The highest BCUT2D eigenvalue weighted by Crippen LogP contribution is 2.15. The Morgan fingerprint density at radius 2 is 2.20 bits per heavy atom. The Kier molecular flexibility index (Phi) is 2.99. The van der Waals surface area contributed by atoms with Crippen LogP contribution in [0.5, 0.6) is 0 Å². The van der Waals surface area contributed by atoms with Crippen LogP contribution in [0.1, 0.15) is 5.56 Å². The first kappa shape index (κ1) is 10.1. The number of nitrogens with zero attached hydrogens (tertiary/aromatic N) is 1. The number of methoxy groups -OCH3 is 1. The number of para-hydroxylation sites is 1. The van der Waals surface area contributed by atoms with Crippen LogP contribution >= 0.6 is 12.2 Å². The number of H-pyrrole nitrogens is 1. The summed E-state index contributed by atoms with van der Waals surface area (Å²) in [5.74, 6) is 0. The minimum absolute atomic E-state index is 0.586. The molecule has 0 bridgehead atoms. The fourth-order valence-electron chi connectivity index (χ4n) is 1.53. The molecule has 0 radical (unpaired) electrons. The largest absolute Gasteiger partial charge is 0.380 e. The second-order valence-corrected chi connectivity index (χ2v) is 3.58. The van der Waals surface area contributed by atoms with Crippen LogP contribution in [0.3, 0.4) is 0 Å². The predicted molar refractivity (Wildman–Crippen MR) is 61.7 cm³/mol. The summed E-state index contributed by atoms with van der Waals surface area (Å²) in [7, 11) is 1.69. The fraction of sp³-hybridized carbons (Fsp3) is 0.182. The summed E-state index contributed by atoms with van der Waals surface area (Å²) in [6, 6.07) is 8.04. The first-order chi connectivity index (χ1) is 7.33. The molecule has 0 unspecified atom stereocenters. The number of ether oxygens (including phenoxy) is 1. The van der Waals surface area contributed by atoms with Gasteiger partial charge in [0.1, 0.15) is 0 Å². The van der Waals surface area contributed by atoms with Crippen LogP contribution in [0.25, 0.3) is 5.69 Å². The van der Waals surface area contributed by atoms with Crippen molar-refractivity contribution in [3.05, 3.63) is 47.0 Å². The van der Waals surface area contributed by atoms with Crippen molar-refractivity contribution in [1.82, 2.24) is 9.55 Å². The average Bonchev–Trinajstić information content (AvgIpc) is 2.66. The molecule has 0 aliphatic rings. The lowest BCUT2D eigenvalue weighted by Gasteiger charge is -2.08. The highest BCUT2D eigenvalue weighted by molar-refractivity contribution is 7.71. The van der Waals surface area contributed by atoms with Gasteiger partial charge in [0, 0.05) is 25.1 Å². The van der Waals surface area contributed by atoms with Crippen LogP contribution < -0.4 is 0 Å². The van der Waals surface area contributed by atoms with Gasteiger partial charge < -0.3 is 9.72 Å². The molecular weight excluding hydrogens is 208 g/mol. The van der Waals surface area contributed by atoms with Crippen LogP contribution in [0.15, 0.2) is 36.7 Å². The van der Waals surface area contributed by atoms with Crippen LogP contribution in [0, 0.1) is 4.77 Å². The van der Waals surface area contributed by atoms with Gasteiger partial charge in [-0.1, -0.05) is 18.2 Å². The summed E-state index contributed by atoms with van der Waals surface area (Å²) in [6.45, 7) is 0.586. The summed E-state index contributed by atoms with van der Waals surface area (Å²) < 4.78 is 7.78. The lowest BCUT2D eigenvalue weighted by molar-refractivity contribution is 0.185. The molecule has 1 aromatic heterocycles. The van der Waals surface area contributed by atoms with Gasteiger partial charge in [-0.2, -0.15) is 0 Å². The Hall–Kier alpha value is -1.39. The highest BCUT2D eigenvalue weighted by Gasteiger charge is 2.03. The smallest absolute Gasteiger partial charge is 0.181 e. The molecule has 2 aromatic rings. The molecule has 0 aliphatic carbocycles. The summed E-state index contributed by atoms with van der Waals surface area (Å²) in [5, 5.41) is 0. The van der Waals surface area contributed by atoms with E-state index in [1.807, 2.05) is 41.2 Å². The van der Waals surface area contributed by atoms with Crippen LogP contribution in [-0.2, 0) is 11.3 Å². The highest BCUT2D eigenvalue weighted by atomic mass is 32.1. The Labute approximate surface area is 93.3 Å². The Morgan fingerprint density at radius 3 is 2.87 bits per heavy atom. The van der Waals surface area contributed by atoms with Gasteiger partial charge in [0.25, 0.3) is 0 Å². The number of hydrogen-bond donors (Lipinski definition) is 1. The second kappa shape index (κ2) is 4.42. The van der Waals surface area contributed by atoms with Crippen molar-refractivity contribution < 1.29 is 4.74 Å². The van der Waals surface area contributed by atoms with Gasteiger partial charge in [0.2, 0.25) is 0 Å². The summed E-state index contributed by atoms with van der Waals surface area (Å²) in [6.07, 6.45) is 3.74. The molecule has 0 saturated carbocycles. The number of aromatic nitrogens is 2. The predicted octanol–water partition coefficient (Wildman–Crippen LogP) is 2.68. The molecule has 1 heterocycles.